The van der Waals surface area contributed by atoms with Crippen molar-refractivity contribution in [3.8, 4) is 11.1 Å². The van der Waals surface area contributed by atoms with Gasteiger partial charge in [-0.1, -0.05) is 0 Å². The first-order chi connectivity index (χ1) is 11.1. The standard InChI is InChI=1S/C21H21O.2ClH.Ti/c1-14-12-15(2)21(16(14)3)20-11-7-6-10-19(20)18-9-5-4-8-17(18)13-22;;;/h4-12,15H,13H2,1-3H3;2*1H;/q-1;;;+1. The van der Waals surface area contributed by atoms with Crippen molar-refractivity contribution >= 4 is 30.4 Å². The van der Waals surface area contributed by atoms with Crippen molar-refractivity contribution in [3.05, 3.63) is 76.9 Å². The summed E-state index contributed by atoms with van der Waals surface area (Å²) in [5.41, 5.74) is 9.39. The quantitative estimate of drug-likeness (QED) is 0.520. The Morgan fingerprint density at radius 3 is 2.00 bits per heavy atom. The molecule has 1 aliphatic carbocycles. The molecule has 2 aromatic carbocycles. The van der Waals surface area contributed by atoms with Crippen LogP contribution in [0.1, 0.15) is 31.9 Å². The van der Waals surface area contributed by atoms with Crippen molar-refractivity contribution in [2.75, 3.05) is 0 Å². The Hall–Kier alpha value is -0.826. The molecule has 0 fully saturated rings. The molecule has 0 aliphatic heterocycles. The summed E-state index contributed by atoms with van der Waals surface area (Å²) in [6.07, 6.45) is 2.36. The summed E-state index contributed by atoms with van der Waals surface area (Å²) in [4.78, 5) is 0. The van der Waals surface area contributed by atoms with Crippen LogP contribution in [0, 0.1) is 5.92 Å². The second-order valence-electron chi connectivity index (χ2n) is 6.17. The number of benzene rings is 2. The summed E-state index contributed by atoms with van der Waals surface area (Å²) in [7, 11) is 0. The number of rotatable bonds is 4. The number of halogens is 2. The molecule has 0 bridgehead atoms. The van der Waals surface area contributed by atoms with Gasteiger partial charge in [-0.25, -0.2) is 0 Å². The van der Waals surface area contributed by atoms with Gasteiger partial charge in [-0.2, -0.15) is 0 Å². The zero-order chi connectivity index (χ0) is 16.4. The Morgan fingerprint density at radius 1 is 0.880 bits per heavy atom. The van der Waals surface area contributed by atoms with Gasteiger partial charge in [-0.3, -0.25) is 0 Å². The molecule has 0 radical (unpaired) electrons. The smallest absolute Gasteiger partial charge is 0.147 e. The van der Waals surface area contributed by atoms with Crippen LogP contribution in [0.2, 0.25) is 0 Å². The Bertz CT molecular complexity index is 796. The predicted molar refractivity (Wildman–Crippen MR) is 107 cm³/mol. The number of hydrogen-bond donors (Lipinski definition) is 0. The fourth-order valence-electron chi connectivity index (χ4n) is 3.52. The molecule has 1 aliphatic rings. The molecule has 0 N–H and O–H groups in total. The van der Waals surface area contributed by atoms with Gasteiger partial charge >= 0.3 is 151 Å². The van der Waals surface area contributed by atoms with E-state index in [0.29, 0.717) is 12.5 Å². The van der Waals surface area contributed by atoms with Crippen molar-refractivity contribution in [3.63, 3.8) is 0 Å². The molecule has 0 aromatic heterocycles. The Balaban J connectivity index is 0.00000156. The topological polar surface area (TPSA) is 9.23 Å². The third-order valence-electron chi connectivity index (χ3n) is 4.70. The molecular weight excluding hydrogens is 387 g/mol. The second-order valence-corrected chi connectivity index (χ2v) is 6.62. The molecule has 0 heterocycles. The van der Waals surface area contributed by atoms with Crippen LogP contribution >= 0.6 is 24.8 Å². The second kappa shape index (κ2) is 9.76. The summed E-state index contributed by atoms with van der Waals surface area (Å²) in [5.74, 6) is 0.464. The van der Waals surface area contributed by atoms with Gasteiger partial charge in [0.25, 0.3) is 0 Å². The maximum Gasteiger partial charge on any atom is -0.147 e. The third-order valence-corrected chi connectivity index (χ3v) is 4.93. The van der Waals surface area contributed by atoms with Gasteiger partial charge in [0.05, 0.1) is 0 Å². The molecule has 0 saturated carbocycles. The molecule has 131 valence electrons. The van der Waals surface area contributed by atoms with Crippen molar-refractivity contribution in [1.82, 2.24) is 0 Å². The average Bonchev–Trinajstić information content (AvgIpc) is 2.81. The van der Waals surface area contributed by atoms with E-state index in [1.807, 2.05) is 0 Å². The SMILES string of the molecule is CC1=CC(C)C(c2ccccc2-c2ccccc2C[O][Ti])=C1C.Cl.Cl. The predicted octanol–water partition coefficient (Wildman–Crippen LogP) is 6.55. The third kappa shape index (κ3) is 4.48. The average molecular weight is 410 g/mol. The summed E-state index contributed by atoms with van der Waals surface area (Å²) < 4.78 is 5.39. The zero-order valence-electron chi connectivity index (χ0n) is 14.7. The zero-order valence-corrected chi connectivity index (χ0v) is 17.9. The van der Waals surface area contributed by atoms with Crippen LogP contribution in [-0.2, 0) is 30.7 Å². The van der Waals surface area contributed by atoms with Crippen molar-refractivity contribution in [1.29, 1.82) is 0 Å². The summed E-state index contributed by atoms with van der Waals surface area (Å²) in [6, 6.07) is 17.3. The van der Waals surface area contributed by atoms with Crippen LogP contribution < -0.4 is 0 Å². The van der Waals surface area contributed by atoms with Crippen LogP contribution in [0.4, 0.5) is 0 Å². The minimum atomic E-state index is 0. The molecule has 2 aromatic rings. The van der Waals surface area contributed by atoms with Crippen LogP contribution in [0.3, 0.4) is 0 Å². The molecule has 1 atom stereocenters. The van der Waals surface area contributed by atoms with Gasteiger partial charge in [-0.15, -0.1) is 24.8 Å². The summed E-state index contributed by atoms with van der Waals surface area (Å²) in [5, 5.41) is 0. The Kier molecular flexibility index (Phi) is 8.67. The molecule has 0 spiro atoms. The molecule has 0 amide bonds. The van der Waals surface area contributed by atoms with Crippen LogP contribution in [0.5, 0.6) is 0 Å². The van der Waals surface area contributed by atoms with E-state index in [0.717, 1.165) is 0 Å². The van der Waals surface area contributed by atoms with Gasteiger partial charge in [-0.05, 0) is 0 Å². The Morgan fingerprint density at radius 2 is 1.44 bits per heavy atom. The van der Waals surface area contributed by atoms with Gasteiger partial charge in [0.15, 0.2) is 0 Å². The van der Waals surface area contributed by atoms with Gasteiger partial charge < -0.3 is 0 Å². The molecule has 25 heavy (non-hydrogen) atoms. The normalized spacial score (nSPS) is 16.1. The van der Waals surface area contributed by atoms with Crippen LogP contribution in [0.15, 0.2) is 65.8 Å². The van der Waals surface area contributed by atoms with E-state index in [2.05, 4.69) is 75.4 Å². The van der Waals surface area contributed by atoms with Crippen molar-refractivity contribution in [2.24, 2.45) is 5.92 Å². The number of hydrogen-bond acceptors (Lipinski definition) is 1. The first-order valence-electron chi connectivity index (χ1n) is 7.99. The van der Waals surface area contributed by atoms with E-state index in [4.69, 9.17) is 3.32 Å². The van der Waals surface area contributed by atoms with Crippen molar-refractivity contribution in [2.45, 2.75) is 27.4 Å². The van der Waals surface area contributed by atoms with Gasteiger partial charge in [0, 0.05) is 0 Å². The first kappa shape index (κ1) is 22.2. The molecule has 3 rings (SSSR count). The van der Waals surface area contributed by atoms with E-state index in [1.165, 1.54) is 39.0 Å². The minimum absolute atomic E-state index is 0. The van der Waals surface area contributed by atoms with E-state index < -0.39 is 0 Å². The molecule has 0 saturated heterocycles. The monoisotopic (exact) mass is 409 g/mol. The number of allylic oxidation sites excluding steroid dienone is 4. The van der Waals surface area contributed by atoms with E-state index >= 15 is 0 Å². The van der Waals surface area contributed by atoms with Crippen LogP contribution in [-0.4, -0.2) is 0 Å². The minimum Gasteiger partial charge on any atom is -0.147 e. The molecule has 4 heteroatoms. The fourth-order valence-corrected chi connectivity index (χ4v) is 3.77. The van der Waals surface area contributed by atoms with E-state index in [1.54, 1.807) is 20.8 Å². The first-order valence-corrected chi connectivity index (χ1v) is 8.63. The fraction of sp³-hybridized carbons (Fsp3) is 0.238. The summed E-state index contributed by atoms with van der Waals surface area (Å²) in [6.45, 7) is 7.37. The van der Waals surface area contributed by atoms with Gasteiger partial charge in [0.2, 0.25) is 0 Å². The van der Waals surface area contributed by atoms with Crippen LogP contribution in [0.25, 0.3) is 16.7 Å². The maximum absolute atomic E-state index is 5.39. The Labute approximate surface area is 175 Å². The molecular formula is C21H23Cl2OTi. The van der Waals surface area contributed by atoms with E-state index in [-0.39, 0.29) is 24.8 Å². The largest absolute Gasteiger partial charge is 0.147 e. The van der Waals surface area contributed by atoms with Crippen molar-refractivity contribution < 1.29 is 24.1 Å². The maximum atomic E-state index is 5.39. The summed E-state index contributed by atoms with van der Waals surface area (Å²) >= 11 is 1.75. The molecule has 1 unspecified atom stereocenters. The van der Waals surface area contributed by atoms with Gasteiger partial charge in [0.1, 0.15) is 0 Å². The molecule has 1 nitrogen and oxygen atoms in total. The van der Waals surface area contributed by atoms with E-state index in [9.17, 15) is 0 Å².